The summed E-state index contributed by atoms with van der Waals surface area (Å²) in [7, 11) is -2.84. The number of sulfone groups is 1. The van der Waals surface area contributed by atoms with Crippen LogP contribution in [0.3, 0.4) is 0 Å². The van der Waals surface area contributed by atoms with Crippen molar-refractivity contribution >= 4 is 9.84 Å². The van der Waals surface area contributed by atoms with Gasteiger partial charge >= 0.3 is 0 Å². The van der Waals surface area contributed by atoms with E-state index in [1.807, 2.05) is 0 Å². The molecule has 0 radical (unpaired) electrons. The summed E-state index contributed by atoms with van der Waals surface area (Å²) in [6, 6.07) is 0. The van der Waals surface area contributed by atoms with E-state index in [4.69, 9.17) is 0 Å². The van der Waals surface area contributed by atoms with Gasteiger partial charge in [0.25, 0.3) is 0 Å². The minimum Gasteiger partial charge on any atom is -0.253 e. The predicted molar refractivity (Wildman–Crippen MR) is 44.3 cm³/mol. The zero-order chi connectivity index (χ0) is 9.03. The summed E-state index contributed by atoms with van der Waals surface area (Å²) >= 11 is 0. The van der Waals surface area contributed by atoms with Crippen molar-refractivity contribution in [2.24, 2.45) is 0 Å². The number of aromatic nitrogens is 3. The fourth-order valence-electron chi connectivity index (χ4n) is 0.837. The van der Waals surface area contributed by atoms with Crippen molar-refractivity contribution in [3.8, 4) is 0 Å². The monoisotopic (exact) mass is 189 g/mol. The van der Waals surface area contributed by atoms with Gasteiger partial charge < -0.3 is 0 Å². The Morgan fingerprint density at radius 2 is 2.25 bits per heavy atom. The molecule has 0 amide bonds. The van der Waals surface area contributed by atoms with Crippen LogP contribution in [0.2, 0.25) is 0 Å². The summed E-state index contributed by atoms with van der Waals surface area (Å²) in [5.41, 5.74) is 0. The van der Waals surface area contributed by atoms with Crippen molar-refractivity contribution in [3.05, 3.63) is 12.7 Å². The third-order valence-electron chi connectivity index (χ3n) is 1.37. The summed E-state index contributed by atoms with van der Waals surface area (Å²) < 4.78 is 23.0. The van der Waals surface area contributed by atoms with Gasteiger partial charge in [0, 0.05) is 12.8 Å². The number of hydrogen-bond acceptors (Lipinski definition) is 4. The lowest BCUT2D eigenvalue weighted by molar-refractivity contribution is 0.576. The van der Waals surface area contributed by atoms with Crippen LogP contribution >= 0.6 is 0 Å². The van der Waals surface area contributed by atoms with Crippen LogP contribution in [0.5, 0.6) is 0 Å². The highest BCUT2D eigenvalue weighted by atomic mass is 32.2. The van der Waals surface area contributed by atoms with Gasteiger partial charge in [-0.1, -0.05) is 0 Å². The molecule has 0 saturated carbocycles. The summed E-state index contributed by atoms with van der Waals surface area (Å²) in [6.45, 7) is 0.604. The topological polar surface area (TPSA) is 64.8 Å². The highest BCUT2D eigenvalue weighted by Crippen LogP contribution is 1.91. The molecule has 0 aromatic carbocycles. The lowest BCUT2D eigenvalue weighted by Crippen LogP contribution is -2.07. The minimum atomic E-state index is -2.84. The Bertz CT molecular complexity index is 317. The van der Waals surface area contributed by atoms with E-state index in [-0.39, 0.29) is 5.75 Å². The Balaban J connectivity index is 2.29. The molecule has 1 aromatic rings. The van der Waals surface area contributed by atoms with Crippen molar-refractivity contribution in [2.75, 3.05) is 12.0 Å². The molecule has 1 aromatic heterocycles. The van der Waals surface area contributed by atoms with Gasteiger partial charge in [-0.2, -0.15) is 5.10 Å². The fourth-order valence-corrected chi connectivity index (χ4v) is 1.49. The Morgan fingerprint density at radius 3 is 2.75 bits per heavy atom. The highest BCUT2D eigenvalue weighted by Gasteiger charge is 2.01. The van der Waals surface area contributed by atoms with Gasteiger partial charge in [-0.3, -0.25) is 4.68 Å². The maximum absolute atomic E-state index is 10.7. The molecule has 0 N–H and O–H groups in total. The SMILES string of the molecule is CS(=O)(=O)CCCn1cncn1. The maximum atomic E-state index is 10.7. The van der Waals surface area contributed by atoms with E-state index in [1.165, 1.54) is 12.6 Å². The molecule has 0 fully saturated rings. The number of hydrogen-bond donors (Lipinski definition) is 0. The summed E-state index contributed by atoms with van der Waals surface area (Å²) in [5.74, 6) is 0.201. The first-order valence-corrected chi connectivity index (χ1v) is 5.64. The van der Waals surface area contributed by atoms with E-state index in [0.717, 1.165) is 0 Å². The Kier molecular flexibility index (Phi) is 2.80. The smallest absolute Gasteiger partial charge is 0.147 e. The highest BCUT2D eigenvalue weighted by molar-refractivity contribution is 7.90. The second-order valence-electron chi connectivity index (χ2n) is 2.64. The van der Waals surface area contributed by atoms with E-state index >= 15 is 0 Å². The average molecular weight is 189 g/mol. The van der Waals surface area contributed by atoms with Crippen LogP contribution < -0.4 is 0 Å². The molecule has 68 valence electrons. The molecular weight excluding hydrogens is 178 g/mol. The van der Waals surface area contributed by atoms with Crippen molar-refractivity contribution in [3.63, 3.8) is 0 Å². The maximum Gasteiger partial charge on any atom is 0.147 e. The zero-order valence-electron chi connectivity index (χ0n) is 6.84. The van der Waals surface area contributed by atoms with E-state index in [0.29, 0.717) is 13.0 Å². The van der Waals surface area contributed by atoms with E-state index in [2.05, 4.69) is 10.1 Å². The number of aryl methyl sites for hydroxylation is 1. The number of rotatable bonds is 4. The average Bonchev–Trinajstić information content (AvgIpc) is 2.36. The normalized spacial score (nSPS) is 11.8. The molecule has 0 atom stereocenters. The van der Waals surface area contributed by atoms with Gasteiger partial charge in [0.2, 0.25) is 0 Å². The Hall–Kier alpha value is -0.910. The van der Waals surface area contributed by atoms with Crippen LogP contribution in [0.1, 0.15) is 6.42 Å². The molecule has 0 aliphatic carbocycles. The molecule has 12 heavy (non-hydrogen) atoms. The lowest BCUT2D eigenvalue weighted by Gasteiger charge is -1.98. The van der Waals surface area contributed by atoms with Gasteiger partial charge in [0.15, 0.2) is 0 Å². The molecule has 0 aliphatic heterocycles. The molecule has 1 rings (SSSR count). The van der Waals surface area contributed by atoms with Crippen molar-refractivity contribution < 1.29 is 8.42 Å². The van der Waals surface area contributed by atoms with Gasteiger partial charge in [-0.05, 0) is 6.42 Å². The van der Waals surface area contributed by atoms with E-state index < -0.39 is 9.84 Å². The Morgan fingerprint density at radius 1 is 1.50 bits per heavy atom. The second-order valence-corrected chi connectivity index (χ2v) is 4.90. The van der Waals surface area contributed by atoms with Gasteiger partial charge in [-0.25, -0.2) is 13.4 Å². The van der Waals surface area contributed by atoms with Crippen LogP contribution in [-0.2, 0) is 16.4 Å². The molecule has 6 heteroatoms. The molecule has 0 saturated heterocycles. The first-order chi connectivity index (χ1) is 5.58. The molecule has 5 nitrogen and oxygen atoms in total. The standard InChI is InChI=1S/C6H11N3O2S/c1-12(10,11)4-2-3-9-6-7-5-8-9/h5-6H,2-4H2,1H3. The minimum absolute atomic E-state index is 0.201. The molecule has 1 heterocycles. The molecular formula is C6H11N3O2S. The molecule has 0 aliphatic rings. The van der Waals surface area contributed by atoms with Crippen LogP contribution in [0, 0.1) is 0 Å². The lowest BCUT2D eigenvalue weighted by atomic mass is 10.5. The molecule has 0 bridgehead atoms. The van der Waals surface area contributed by atoms with Gasteiger partial charge in [-0.15, -0.1) is 0 Å². The molecule has 0 unspecified atom stereocenters. The van der Waals surface area contributed by atoms with Crippen LogP contribution in [0.4, 0.5) is 0 Å². The zero-order valence-corrected chi connectivity index (χ0v) is 7.66. The number of nitrogens with zero attached hydrogens (tertiary/aromatic N) is 3. The summed E-state index contributed by atoms with van der Waals surface area (Å²) in [4.78, 5) is 3.74. The van der Waals surface area contributed by atoms with E-state index in [1.54, 1.807) is 11.0 Å². The van der Waals surface area contributed by atoms with Crippen LogP contribution in [-0.4, -0.2) is 35.2 Å². The van der Waals surface area contributed by atoms with Gasteiger partial charge in [0.05, 0.1) is 5.75 Å². The third-order valence-corrected chi connectivity index (χ3v) is 2.40. The molecule has 0 spiro atoms. The summed E-state index contributed by atoms with van der Waals surface area (Å²) in [5, 5.41) is 3.85. The van der Waals surface area contributed by atoms with Crippen molar-refractivity contribution in [2.45, 2.75) is 13.0 Å². The largest absolute Gasteiger partial charge is 0.253 e. The van der Waals surface area contributed by atoms with Gasteiger partial charge in [0.1, 0.15) is 22.5 Å². The quantitative estimate of drug-likeness (QED) is 0.653. The van der Waals surface area contributed by atoms with Crippen molar-refractivity contribution in [1.82, 2.24) is 14.8 Å². The van der Waals surface area contributed by atoms with E-state index in [9.17, 15) is 8.42 Å². The van der Waals surface area contributed by atoms with Crippen LogP contribution in [0.15, 0.2) is 12.7 Å². The first kappa shape index (κ1) is 9.18. The third kappa shape index (κ3) is 3.47. The second kappa shape index (κ2) is 3.66. The first-order valence-electron chi connectivity index (χ1n) is 3.58. The predicted octanol–water partition coefficient (Wildman–Crippen LogP) is -0.287. The summed E-state index contributed by atoms with van der Waals surface area (Å²) in [6.07, 6.45) is 4.82. The Labute approximate surface area is 71.3 Å². The van der Waals surface area contributed by atoms with Crippen LogP contribution in [0.25, 0.3) is 0 Å². The fraction of sp³-hybridized carbons (Fsp3) is 0.667. The van der Waals surface area contributed by atoms with Crippen molar-refractivity contribution in [1.29, 1.82) is 0 Å².